The van der Waals surface area contributed by atoms with Gasteiger partial charge < -0.3 is 9.64 Å². The zero-order chi connectivity index (χ0) is 24.8. The van der Waals surface area contributed by atoms with Gasteiger partial charge >= 0.3 is 6.09 Å². The Hall–Kier alpha value is -2.64. The molecule has 1 aromatic carbocycles. The number of rotatable bonds is 3. The summed E-state index contributed by atoms with van der Waals surface area (Å²) in [5.41, 5.74) is 4.44. The molecule has 4 rings (SSSR count). The Morgan fingerprint density at radius 2 is 2.00 bits per heavy atom. The summed E-state index contributed by atoms with van der Waals surface area (Å²) < 4.78 is 7.41. The average molecular weight is 502 g/mol. The summed E-state index contributed by atoms with van der Waals surface area (Å²) in [6, 6.07) is 5.18. The van der Waals surface area contributed by atoms with E-state index >= 15 is 0 Å². The molecular formula is C25H29Cl2N5O2. The third-order valence-electron chi connectivity index (χ3n) is 5.86. The molecule has 0 bridgehead atoms. The lowest BCUT2D eigenvalue weighted by Crippen LogP contribution is -2.43. The van der Waals surface area contributed by atoms with Gasteiger partial charge in [-0.3, -0.25) is 0 Å². The summed E-state index contributed by atoms with van der Waals surface area (Å²) in [5.74, 6) is 0. The maximum absolute atomic E-state index is 12.6. The molecule has 2 atom stereocenters. The average Bonchev–Trinajstić information content (AvgIpc) is 3.08. The summed E-state index contributed by atoms with van der Waals surface area (Å²) in [7, 11) is 0. The molecule has 0 spiro atoms. The fourth-order valence-corrected chi connectivity index (χ4v) is 4.71. The molecule has 1 unspecified atom stereocenters. The monoisotopic (exact) mass is 501 g/mol. The number of aryl methyl sites for hydroxylation is 1. The minimum absolute atomic E-state index is 0.116. The van der Waals surface area contributed by atoms with E-state index in [0.29, 0.717) is 28.7 Å². The molecule has 180 valence electrons. The van der Waals surface area contributed by atoms with Crippen LogP contribution in [0.4, 0.5) is 4.79 Å². The van der Waals surface area contributed by atoms with E-state index in [-0.39, 0.29) is 18.2 Å². The Morgan fingerprint density at radius 1 is 1.26 bits per heavy atom. The second kappa shape index (κ2) is 9.19. The lowest BCUT2D eigenvalue weighted by Gasteiger charge is -2.33. The van der Waals surface area contributed by atoms with Crippen LogP contribution in [0.2, 0.25) is 10.0 Å². The standard InChI is InChI=1S/C25H29Cl2N5O2/c1-14-11-17(9-10-31(14)24(33)34-25(4,5)6)21-13-28-22-15(2)30-32(23(22)29-21)16(3)19-8-7-18(26)12-20(19)27/h7-8,11-14,16H,9-10H2,1-6H3/t14-,16?/m0/s1. The maximum Gasteiger partial charge on any atom is 0.410 e. The lowest BCUT2D eigenvalue weighted by atomic mass is 10.0. The predicted octanol–water partition coefficient (Wildman–Crippen LogP) is 6.46. The lowest BCUT2D eigenvalue weighted by molar-refractivity contribution is 0.0209. The second-order valence-electron chi connectivity index (χ2n) is 9.66. The molecule has 0 radical (unpaired) electrons. The van der Waals surface area contributed by atoms with Crippen LogP contribution in [0.15, 0.2) is 30.5 Å². The van der Waals surface area contributed by atoms with Crippen LogP contribution in [-0.2, 0) is 4.74 Å². The van der Waals surface area contributed by atoms with Crippen molar-refractivity contribution in [2.45, 2.75) is 65.6 Å². The van der Waals surface area contributed by atoms with Crippen molar-refractivity contribution in [3.63, 3.8) is 0 Å². The van der Waals surface area contributed by atoms with E-state index in [0.717, 1.165) is 28.0 Å². The first kappa shape index (κ1) is 24.5. The topological polar surface area (TPSA) is 73.1 Å². The largest absolute Gasteiger partial charge is 0.444 e. The highest BCUT2D eigenvalue weighted by atomic mass is 35.5. The van der Waals surface area contributed by atoms with E-state index in [9.17, 15) is 4.79 Å². The van der Waals surface area contributed by atoms with E-state index in [4.69, 9.17) is 38.0 Å². The van der Waals surface area contributed by atoms with Crippen molar-refractivity contribution in [3.8, 4) is 0 Å². The number of nitrogens with zero attached hydrogens (tertiary/aromatic N) is 5. The van der Waals surface area contributed by atoms with Gasteiger partial charge in [0.15, 0.2) is 5.65 Å². The number of hydrogen-bond acceptors (Lipinski definition) is 5. The quantitative estimate of drug-likeness (QED) is 0.411. The van der Waals surface area contributed by atoms with Crippen LogP contribution < -0.4 is 0 Å². The van der Waals surface area contributed by atoms with Gasteiger partial charge in [0.1, 0.15) is 11.1 Å². The molecular weight excluding hydrogens is 473 g/mol. The van der Waals surface area contributed by atoms with Gasteiger partial charge in [-0.25, -0.2) is 19.4 Å². The molecule has 1 aliphatic rings. The summed E-state index contributed by atoms with van der Waals surface area (Å²) in [6.45, 7) is 12.1. The maximum atomic E-state index is 12.6. The first-order valence-electron chi connectivity index (χ1n) is 11.3. The van der Waals surface area contributed by atoms with Crippen LogP contribution in [0.5, 0.6) is 0 Å². The smallest absolute Gasteiger partial charge is 0.410 e. The molecule has 3 aromatic rings. The molecule has 1 aliphatic heterocycles. The van der Waals surface area contributed by atoms with Crippen LogP contribution in [0.3, 0.4) is 0 Å². The fourth-order valence-electron chi connectivity index (χ4n) is 4.15. The van der Waals surface area contributed by atoms with Gasteiger partial charge in [-0.15, -0.1) is 0 Å². The van der Waals surface area contributed by atoms with Gasteiger partial charge in [0.25, 0.3) is 0 Å². The van der Waals surface area contributed by atoms with Crippen molar-refractivity contribution in [2.75, 3.05) is 6.54 Å². The Kier molecular flexibility index (Phi) is 6.62. The zero-order valence-electron chi connectivity index (χ0n) is 20.3. The van der Waals surface area contributed by atoms with Gasteiger partial charge in [0.05, 0.1) is 29.7 Å². The third kappa shape index (κ3) is 4.91. The number of carbonyl (C=O) groups excluding carboxylic acids is 1. The molecule has 9 heteroatoms. The van der Waals surface area contributed by atoms with Gasteiger partial charge in [-0.1, -0.05) is 35.3 Å². The molecule has 34 heavy (non-hydrogen) atoms. The number of aromatic nitrogens is 4. The number of fused-ring (bicyclic) bond motifs is 1. The Morgan fingerprint density at radius 3 is 2.65 bits per heavy atom. The summed E-state index contributed by atoms with van der Waals surface area (Å²) in [6.07, 6.45) is 4.19. The van der Waals surface area contributed by atoms with E-state index in [2.05, 4.69) is 11.1 Å². The third-order valence-corrected chi connectivity index (χ3v) is 6.43. The number of halogens is 2. The Labute approximate surface area is 209 Å². The second-order valence-corrected chi connectivity index (χ2v) is 10.5. The molecule has 1 amide bonds. The Balaban J connectivity index is 1.67. The summed E-state index contributed by atoms with van der Waals surface area (Å²) in [5, 5.41) is 5.88. The van der Waals surface area contributed by atoms with Crippen LogP contribution in [-0.4, -0.2) is 48.9 Å². The van der Waals surface area contributed by atoms with Crippen molar-refractivity contribution >= 4 is 46.0 Å². The SMILES string of the molecule is Cc1nn(C(C)c2ccc(Cl)cc2Cl)c2nc(C3=C[C@H](C)N(C(=O)OC(C)(C)C)CC3)cnc12. The van der Waals surface area contributed by atoms with Gasteiger partial charge in [0.2, 0.25) is 0 Å². The van der Waals surface area contributed by atoms with E-state index in [1.165, 1.54) is 0 Å². The van der Waals surface area contributed by atoms with Crippen molar-refractivity contribution in [3.05, 3.63) is 57.5 Å². The van der Waals surface area contributed by atoms with Crippen molar-refractivity contribution in [1.29, 1.82) is 0 Å². The highest BCUT2D eigenvalue weighted by molar-refractivity contribution is 6.35. The van der Waals surface area contributed by atoms with E-state index in [1.54, 1.807) is 17.2 Å². The zero-order valence-corrected chi connectivity index (χ0v) is 21.8. The predicted molar refractivity (Wildman–Crippen MR) is 135 cm³/mol. The number of hydrogen-bond donors (Lipinski definition) is 0. The first-order valence-corrected chi connectivity index (χ1v) is 12.1. The van der Waals surface area contributed by atoms with Crippen LogP contribution in [0, 0.1) is 6.92 Å². The molecule has 0 saturated carbocycles. The van der Waals surface area contributed by atoms with E-state index in [1.807, 2.05) is 58.4 Å². The fraction of sp³-hybridized carbons (Fsp3) is 0.440. The number of benzene rings is 1. The molecule has 7 nitrogen and oxygen atoms in total. The molecule has 2 aromatic heterocycles. The van der Waals surface area contributed by atoms with Crippen LogP contribution in [0.1, 0.15) is 64.0 Å². The van der Waals surface area contributed by atoms with Crippen LogP contribution >= 0.6 is 23.2 Å². The number of carbonyl (C=O) groups is 1. The molecule has 0 saturated heterocycles. The molecule has 0 aliphatic carbocycles. The normalized spacial score (nSPS) is 17.6. The molecule has 0 N–H and O–H groups in total. The van der Waals surface area contributed by atoms with E-state index < -0.39 is 5.60 Å². The van der Waals surface area contributed by atoms with Crippen molar-refractivity contribution < 1.29 is 9.53 Å². The van der Waals surface area contributed by atoms with Crippen molar-refractivity contribution in [1.82, 2.24) is 24.6 Å². The number of ether oxygens (including phenoxy) is 1. The highest BCUT2D eigenvalue weighted by Crippen LogP contribution is 2.32. The minimum Gasteiger partial charge on any atom is -0.444 e. The summed E-state index contributed by atoms with van der Waals surface area (Å²) in [4.78, 5) is 23.9. The summed E-state index contributed by atoms with van der Waals surface area (Å²) >= 11 is 12.5. The van der Waals surface area contributed by atoms with Gasteiger partial charge in [0, 0.05) is 16.6 Å². The molecule has 0 fully saturated rings. The minimum atomic E-state index is -0.531. The van der Waals surface area contributed by atoms with Crippen molar-refractivity contribution in [2.24, 2.45) is 0 Å². The van der Waals surface area contributed by atoms with Crippen LogP contribution in [0.25, 0.3) is 16.7 Å². The Bertz CT molecular complexity index is 1280. The molecule has 3 heterocycles. The van der Waals surface area contributed by atoms with Gasteiger partial charge in [-0.2, -0.15) is 5.10 Å². The number of amides is 1. The highest BCUT2D eigenvalue weighted by Gasteiger charge is 2.29. The first-order chi connectivity index (χ1) is 15.9. The van der Waals surface area contributed by atoms with Gasteiger partial charge in [-0.05, 0) is 71.2 Å².